The number of aliphatic hydroxyl groups excluding tert-OH is 1. The van der Waals surface area contributed by atoms with E-state index in [4.69, 9.17) is 0 Å². The predicted molar refractivity (Wildman–Crippen MR) is 126 cm³/mol. The molecule has 3 aromatic rings. The number of rotatable bonds is 3. The minimum absolute atomic E-state index is 0. The standard InChI is InChI=1S/C18H23N3O.C7H8.CH4/c22-13-14-11-19-17(15-7-3-1-4-8-15)21-18(20-12-14)16-9-5-2-6-10-16;1-7-5-3-2-4-6-7;/h1-10,14,17-22H,11-13H2;2-6H,1H3;1H4. The van der Waals surface area contributed by atoms with Gasteiger partial charge in [-0.15, -0.1) is 0 Å². The van der Waals surface area contributed by atoms with Crippen molar-refractivity contribution in [2.45, 2.75) is 26.7 Å². The second-order valence-corrected chi connectivity index (χ2v) is 7.37. The Hall–Kier alpha value is -2.50. The summed E-state index contributed by atoms with van der Waals surface area (Å²) in [4.78, 5) is 0. The van der Waals surface area contributed by atoms with Crippen LogP contribution in [0.1, 0.15) is 36.4 Å². The molecular weight excluding hydrogens is 370 g/mol. The van der Waals surface area contributed by atoms with E-state index in [1.54, 1.807) is 0 Å². The molecule has 4 N–H and O–H groups in total. The maximum Gasteiger partial charge on any atom is 0.0850 e. The Bertz CT molecular complexity index is 762. The molecule has 30 heavy (non-hydrogen) atoms. The SMILES string of the molecule is C.Cc1ccccc1.OCC1CNC(c2ccccc2)NC(c2ccccc2)NC1. The molecule has 0 amide bonds. The highest BCUT2D eigenvalue weighted by atomic mass is 16.3. The molecule has 0 aromatic heterocycles. The van der Waals surface area contributed by atoms with Crippen LogP contribution in [0.3, 0.4) is 0 Å². The van der Waals surface area contributed by atoms with E-state index in [0.29, 0.717) is 0 Å². The van der Waals surface area contributed by atoms with Crippen molar-refractivity contribution >= 4 is 0 Å². The molecule has 0 radical (unpaired) electrons. The van der Waals surface area contributed by atoms with Crippen LogP contribution in [0.5, 0.6) is 0 Å². The van der Waals surface area contributed by atoms with Gasteiger partial charge in [0.15, 0.2) is 0 Å². The molecule has 0 bridgehead atoms. The number of benzene rings is 3. The number of nitrogens with one attached hydrogen (secondary N) is 3. The molecule has 1 aliphatic heterocycles. The van der Waals surface area contributed by atoms with Gasteiger partial charge < -0.3 is 5.11 Å². The van der Waals surface area contributed by atoms with Gasteiger partial charge in [-0.3, -0.25) is 16.0 Å². The third-order valence-corrected chi connectivity index (χ3v) is 5.02. The van der Waals surface area contributed by atoms with Crippen molar-refractivity contribution in [2.75, 3.05) is 19.7 Å². The zero-order valence-electron chi connectivity index (χ0n) is 17.0. The number of hydrogen-bond donors (Lipinski definition) is 4. The second kappa shape index (κ2) is 12.9. The Morgan fingerprint density at radius 3 is 1.43 bits per heavy atom. The molecule has 2 atom stereocenters. The molecule has 1 fully saturated rings. The number of hydrogen-bond acceptors (Lipinski definition) is 4. The van der Waals surface area contributed by atoms with E-state index in [2.05, 4.69) is 59.3 Å². The van der Waals surface area contributed by atoms with E-state index in [9.17, 15) is 5.11 Å². The normalized spacial score (nSPS) is 21.2. The lowest BCUT2D eigenvalue weighted by Gasteiger charge is -2.33. The summed E-state index contributed by atoms with van der Waals surface area (Å²) in [7, 11) is 0. The van der Waals surface area contributed by atoms with Gasteiger partial charge in [-0.05, 0) is 18.1 Å². The summed E-state index contributed by atoms with van der Waals surface area (Å²) in [5.41, 5.74) is 3.72. The quantitative estimate of drug-likeness (QED) is 0.522. The van der Waals surface area contributed by atoms with Gasteiger partial charge in [-0.2, -0.15) is 0 Å². The zero-order valence-corrected chi connectivity index (χ0v) is 17.0. The van der Waals surface area contributed by atoms with E-state index in [1.165, 1.54) is 16.7 Å². The summed E-state index contributed by atoms with van der Waals surface area (Å²) < 4.78 is 0. The van der Waals surface area contributed by atoms with E-state index in [0.717, 1.165) is 13.1 Å². The molecule has 4 nitrogen and oxygen atoms in total. The number of aryl methyl sites for hydroxylation is 1. The second-order valence-electron chi connectivity index (χ2n) is 7.37. The molecule has 3 aromatic carbocycles. The molecule has 0 aliphatic carbocycles. The third-order valence-electron chi connectivity index (χ3n) is 5.02. The highest BCUT2D eigenvalue weighted by molar-refractivity contribution is 5.22. The Balaban J connectivity index is 0.000000341. The van der Waals surface area contributed by atoms with Crippen LogP contribution in [0.2, 0.25) is 0 Å². The van der Waals surface area contributed by atoms with Gasteiger partial charge in [-0.1, -0.05) is 104 Å². The minimum atomic E-state index is 0. The van der Waals surface area contributed by atoms with Crippen molar-refractivity contribution in [1.82, 2.24) is 16.0 Å². The minimum Gasteiger partial charge on any atom is -0.396 e. The van der Waals surface area contributed by atoms with Crippen molar-refractivity contribution in [1.29, 1.82) is 0 Å². The largest absolute Gasteiger partial charge is 0.396 e. The highest BCUT2D eigenvalue weighted by Crippen LogP contribution is 2.19. The van der Waals surface area contributed by atoms with Crippen molar-refractivity contribution in [3.05, 3.63) is 108 Å². The predicted octanol–water partition coefficient (Wildman–Crippen LogP) is 4.41. The molecule has 2 unspecified atom stereocenters. The molecule has 0 spiro atoms. The zero-order chi connectivity index (χ0) is 20.3. The maximum absolute atomic E-state index is 9.52. The van der Waals surface area contributed by atoms with E-state index in [-0.39, 0.29) is 32.3 Å². The lowest BCUT2D eigenvalue weighted by atomic mass is 10.1. The first-order chi connectivity index (χ1) is 14.3. The summed E-state index contributed by atoms with van der Waals surface area (Å²) in [6.07, 6.45) is 0.0986. The van der Waals surface area contributed by atoms with Crippen LogP contribution in [0, 0.1) is 12.8 Å². The van der Waals surface area contributed by atoms with Crippen LogP contribution >= 0.6 is 0 Å². The van der Waals surface area contributed by atoms with Crippen molar-refractivity contribution < 1.29 is 5.11 Å². The van der Waals surface area contributed by atoms with Crippen LogP contribution in [0.4, 0.5) is 0 Å². The molecule has 1 heterocycles. The van der Waals surface area contributed by atoms with Gasteiger partial charge >= 0.3 is 0 Å². The molecule has 1 saturated heterocycles. The van der Waals surface area contributed by atoms with Crippen molar-refractivity contribution in [3.63, 3.8) is 0 Å². The molecule has 1 aliphatic rings. The van der Waals surface area contributed by atoms with E-state index >= 15 is 0 Å². The summed E-state index contributed by atoms with van der Waals surface area (Å²) >= 11 is 0. The van der Waals surface area contributed by atoms with Gasteiger partial charge in [0.1, 0.15) is 0 Å². The molecule has 4 rings (SSSR count). The average molecular weight is 406 g/mol. The van der Waals surface area contributed by atoms with Crippen LogP contribution < -0.4 is 16.0 Å². The summed E-state index contributed by atoms with van der Waals surface area (Å²) in [6.45, 7) is 3.82. The van der Waals surface area contributed by atoms with Gasteiger partial charge in [0.05, 0.1) is 12.3 Å². The Labute approximate surface area is 181 Å². The van der Waals surface area contributed by atoms with Gasteiger partial charge in [0.2, 0.25) is 0 Å². The number of aliphatic hydroxyl groups is 1. The fourth-order valence-electron chi connectivity index (χ4n) is 3.31. The van der Waals surface area contributed by atoms with E-state index < -0.39 is 0 Å². The third kappa shape index (κ3) is 7.39. The lowest BCUT2D eigenvalue weighted by Crippen LogP contribution is -2.49. The van der Waals surface area contributed by atoms with Crippen LogP contribution in [-0.4, -0.2) is 24.8 Å². The van der Waals surface area contributed by atoms with Crippen LogP contribution in [0.25, 0.3) is 0 Å². The Kier molecular flexibility index (Phi) is 10.3. The topological polar surface area (TPSA) is 56.3 Å². The molecule has 4 heteroatoms. The maximum atomic E-state index is 9.52. The fraction of sp³-hybridized carbons (Fsp3) is 0.308. The summed E-state index contributed by atoms with van der Waals surface area (Å²) in [6, 6.07) is 31.0. The summed E-state index contributed by atoms with van der Waals surface area (Å²) in [5.74, 6) is 0.208. The van der Waals surface area contributed by atoms with Crippen LogP contribution in [-0.2, 0) is 0 Å². The molecule has 0 saturated carbocycles. The molecule has 160 valence electrons. The van der Waals surface area contributed by atoms with E-state index in [1.807, 2.05) is 54.6 Å². The first-order valence-corrected chi connectivity index (χ1v) is 10.2. The van der Waals surface area contributed by atoms with Crippen molar-refractivity contribution in [2.24, 2.45) is 5.92 Å². The molecular formula is C26H35N3O. The van der Waals surface area contributed by atoms with Crippen molar-refractivity contribution in [3.8, 4) is 0 Å². The summed E-state index contributed by atoms with van der Waals surface area (Å²) in [5, 5.41) is 20.2. The van der Waals surface area contributed by atoms with Gasteiger partial charge in [-0.25, -0.2) is 0 Å². The first-order valence-electron chi connectivity index (χ1n) is 10.2. The first kappa shape index (κ1) is 23.8. The fourth-order valence-corrected chi connectivity index (χ4v) is 3.31. The van der Waals surface area contributed by atoms with Gasteiger partial charge in [0.25, 0.3) is 0 Å². The highest BCUT2D eigenvalue weighted by Gasteiger charge is 2.22. The van der Waals surface area contributed by atoms with Gasteiger partial charge in [0, 0.05) is 25.6 Å². The average Bonchev–Trinajstić information content (AvgIpc) is 2.76. The monoisotopic (exact) mass is 405 g/mol. The Morgan fingerprint density at radius 2 is 1.10 bits per heavy atom. The van der Waals surface area contributed by atoms with Crippen LogP contribution in [0.15, 0.2) is 91.0 Å². The Morgan fingerprint density at radius 1 is 0.700 bits per heavy atom. The lowest BCUT2D eigenvalue weighted by molar-refractivity contribution is 0.186. The smallest absolute Gasteiger partial charge is 0.0850 e.